The van der Waals surface area contributed by atoms with Crippen LogP contribution in [0.4, 0.5) is 5.69 Å². The van der Waals surface area contributed by atoms with Gasteiger partial charge in [-0.05, 0) is 31.3 Å². The quantitative estimate of drug-likeness (QED) is 0.782. The minimum atomic E-state index is -0.375. The van der Waals surface area contributed by atoms with Gasteiger partial charge in [-0.3, -0.25) is 0 Å². The maximum atomic E-state index is 11.9. The number of benzene rings is 1. The van der Waals surface area contributed by atoms with Crippen molar-refractivity contribution in [1.82, 2.24) is 4.90 Å². The van der Waals surface area contributed by atoms with Gasteiger partial charge in [0.2, 0.25) is 0 Å². The summed E-state index contributed by atoms with van der Waals surface area (Å²) in [5.74, 6) is -0.375. The Balaban J connectivity index is 2.54. The number of esters is 1. The first-order valence-corrected chi connectivity index (χ1v) is 6.86. The minimum absolute atomic E-state index is 0.375. The van der Waals surface area contributed by atoms with Crippen molar-refractivity contribution < 1.29 is 9.53 Å². The Kier molecular flexibility index (Phi) is 6.67. The Morgan fingerprint density at radius 3 is 2.58 bits per heavy atom. The molecule has 0 heterocycles. The topological polar surface area (TPSA) is 41.6 Å². The van der Waals surface area contributed by atoms with Crippen LogP contribution in [-0.2, 0) is 4.74 Å². The van der Waals surface area contributed by atoms with Crippen molar-refractivity contribution in [1.29, 1.82) is 0 Å². The number of nitrogens with one attached hydrogen (secondary N) is 1. The van der Waals surface area contributed by atoms with E-state index in [9.17, 15) is 4.79 Å². The van der Waals surface area contributed by atoms with E-state index in [-0.39, 0.29) is 5.97 Å². The van der Waals surface area contributed by atoms with E-state index in [4.69, 9.17) is 16.3 Å². The van der Waals surface area contributed by atoms with E-state index < -0.39 is 0 Å². The Labute approximate surface area is 119 Å². The van der Waals surface area contributed by atoms with Gasteiger partial charge >= 0.3 is 5.97 Å². The number of nitrogens with zero attached hydrogens (tertiary/aromatic N) is 1. The van der Waals surface area contributed by atoms with Crippen LogP contribution in [0.1, 0.15) is 24.2 Å². The maximum Gasteiger partial charge on any atom is 0.339 e. The molecule has 0 bridgehead atoms. The number of rotatable bonds is 7. The molecule has 0 radical (unpaired) electrons. The second kappa shape index (κ2) is 8.02. The van der Waals surface area contributed by atoms with Crippen molar-refractivity contribution in [3.63, 3.8) is 0 Å². The first-order chi connectivity index (χ1) is 9.12. The molecule has 0 saturated heterocycles. The normalized spacial score (nSPS) is 10.6. The van der Waals surface area contributed by atoms with Crippen molar-refractivity contribution in [3.8, 4) is 0 Å². The molecule has 0 aliphatic rings. The maximum absolute atomic E-state index is 11.9. The Hall–Kier alpha value is -1.26. The molecule has 0 aromatic heterocycles. The fourth-order valence-electron chi connectivity index (χ4n) is 1.72. The van der Waals surface area contributed by atoms with Crippen LogP contribution in [0.3, 0.4) is 0 Å². The largest absolute Gasteiger partial charge is 0.461 e. The second-order valence-electron chi connectivity index (χ2n) is 4.11. The average molecular weight is 285 g/mol. The van der Waals surface area contributed by atoms with Crippen LogP contribution in [-0.4, -0.2) is 44.2 Å². The molecule has 4 nitrogen and oxygen atoms in total. The third-order valence-electron chi connectivity index (χ3n) is 3.01. The van der Waals surface area contributed by atoms with E-state index in [1.807, 2.05) is 0 Å². The number of halogens is 1. The summed E-state index contributed by atoms with van der Waals surface area (Å²) in [7, 11) is 1.80. The predicted octanol–water partition coefficient (Wildman–Crippen LogP) is 2.88. The highest BCUT2D eigenvalue weighted by Gasteiger charge is 2.12. The van der Waals surface area contributed by atoms with Gasteiger partial charge in [0.05, 0.1) is 10.6 Å². The fourth-order valence-corrected chi connectivity index (χ4v) is 1.98. The van der Waals surface area contributed by atoms with Crippen molar-refractivity contribution >= 4 is 23.3 Å². The zero-order chi connectivity index (χ0) is 14.3. The Morgan fingerprint density at radius 2 is 2.05 bits per heavy atom. The molecule has 19 heavy (non-hydrogen) atoms. The summed E-state index contributed by atoms with van der Waals surface area (Å²) in [6, 6.07) is 5.18. The molecule has 0 aliphatic carbocycles. The molecule has 1 aromatic rings. The lowest BCUT2D eigenvalue weighted by Gasteiger charge is -2.17. The van der Waals surface area contributed by atoms with Gasteiger partial charge in [-0.25, -0.2) is 4.79 Å². The molecule has 0 spiro atoms. The zero-order valence-electron chi connectivity index (χ0n) is 11.7. The highest BCUT2D eigenvalue weighted by atomic mass is 35.5. The standard InChI is InChI=1S/C14H21ClN2O2/c1-4-17(5-2)8-9-19-14(18)12-7-6-11(16-3)10-13(12)15/h6-7,10,16H,4-5,8-9H2,1-3H3. The highest BCUT2D eigenvalue weighted by Crippen LogP contribution is 2.21. The van der Waals surface area contributed by atoms with Gasteiger partial charge in [0.15, 0.2) is 0 Å². The summed E-state index contributed by atoms with van der Waals surface area (Å²) < 4.78 is 5.23. The number of carbonyl (C=O) groups excluding carboxylic acids is 1. The third kappa shape index (κ3) is 4.73. The van der Waals surface area contributed by atoms with Crippen LogP contribution in [0.15, 0.2) is 18.2 Å². The molecule has 1 N–H and O–H groups in total. The van der Waals surface area contributed by atoms with Gasteiger partial charge in [0.1, 0.15) is 6.61 Å². The van der Waals surface area contributed by atoms with E-state index in [0.717, 1.165) is 25.3 Å². The summed E-state index contributed by atoms with van der Waals surface area (Å²) in [5.41, 5.74) is 1.27. The zero-order valence-corrected chi connectivity index (χ0v) is 12.5. The summed E-state index contributed by atoms with van der Waals surface area (Å²) in [4.78, 5) is 14.1. The number of hydrogen-bond acceptors (Lipinski definition) is 4. The molecule has 5 heteroatoms. The van der Waals surface area contributed by atoms with Gasteiger partial charge in [0, 0.05) is 19.3 Å². The van der Waals surface area contributed by atoms with Crippen LogP contribution >= 0.6 is 11.6 Å². The van der Waals surface area contributed by atoms with E-state index in [0.29, 0.717) is 17.2 Å². The monoisotopic (exact) mass is 284 g/mol. The fraction of sp³-hybridized carbons (Fsp3) is 0.500. The van der Waals surface area contributed by atoms with Gasteiger partial charge in [0.25, 0.3) is 0 Å². The SMILES string of the molecule is CCN(CC)CCOC(=O)c1ccc(NC)cc1Cl. The predicted molar refractivity (Wildman–Crippen MR) is 79.1 cm³/mol. The molecule has 0 saturated carbocycles. The molecular weight excluding hydrogens is 264 g/mol. The molecule has 0 fully saturated rings. The third-order valence-corrected chi connectivity index (χ3v) is 3.33. The molecule has 0 atom stereocenters. The lowest BCUT2D eigenvalue weighted by atomic mass is 10.2. The van der Waals surface area contributed by atoms with E-state index in [2.05, 4.69) is 24.1 Å². The molecular formula is C14H21ClN2O2. The molecule has 0 aliphatic heterocycles. The summed E-state index contributed by atoms with van der Waals surface area (Å²) in [6.45, 7) is 7.18. The lowest BCUT2D eigenvalue weighted by molar-refractivity contribution is 0.0466. The highest BCUT2D eigenvalue weighted by molar-refractivity contribution is 6.33. The van der Waals surface area contributed by atoms with Gasteiger partial charge in [-0.2, -0.15) is 0 Å². The first-order valence-electron chi connectivity index (χ1n) is 6.49. The van der Waals surface area contributed by atoms with Crippen molar-refractivity contribution in [2.24, 2.45) is 0 Å². The summed E-state index contributed by atoms with van der Waals surface area (Å²) in [6.07, 6.45) is 0. The molecule has 1 rings (SSSR count). The smallest absolute Gasteiger partial charge is 0.339 e. The summed E-state index contributed by atoms with van der Waals surface area (Å²) in [5, 5.41) is 3.37. The number of hydrogen-bond donors (Lipinski definition) is 1. The van der Waals surface area contributed by atoms with Crippen LogP contribution in [0.25, 0.3) is 0 Å². The van der Waals surface area contributed by atoms with Gasteiger partial charge in [-0.1, -0.05) is 25.4 Å². The minimum Gasteiger partial charge on any atom is -0.461 e. The molecule has 106 valence electrons. The number of ether oxygens (including phenoxy) is 1. The van der Waals surface area contributed by atoms with Crippen LogP contribution in [0.5, 0.6) is 0 Å². The number of likely N-dealkylation sites (N-methyl/N-ethyl adjacent to an activating group) is 1. The van der Waals surface area contributed by atoms with E-state index in [1.54, 1.807) is 25.2 Å². The first kappa shape index (κ1) is 15.8. The average Bonchev–Trinajstić information content (AvgIpc) is 2.43. The van der Waals surface area contributed by atoms with Crippen molar-refractivity contribution in [3.05, 3.63) is 28.8 Å². The van der Waals surface area contributed by atoms with Crippen molar-refractivity contribution in [2.75, 3.05) is 38.6 Å². The molecule has 0 unspecified atom stereocenters. The van der Waals surface area contributed by atoms with E-state index in [1.165, 1.54) is 0 Å². The molecule has 0 amide bonds. The van der Waals surface area contributed by atoms with Crippen LogP contribution in [0, 0.1) is 0 Å². The Morgan fingerprint density at radius 1 is 1.37 bits per heavy atom. The molecule has 1 aromatic carbocycles. The number of anilines is 1. The Bertz CT molecular complexity index is 420. The van der Waals surface area contributed by atoms with Gasteiger partial charge in [-0.15, -0.1) is 0 Å². The summed E-state index contributed by atoms with van der Waals surface area (Å²) >= 11 is 6.05. The van der Waals surface area contributed by atoms with Gasteiger partial charge < -0.3 is 15.0 Å². The van der Waals surface area contributed by atoms with E-state index >= 15 is 0 Å². The second-order valence-corrected chi connectivity index (χ2v) is 4.51. The van der Waals surface area contributed by atoms with Crippen molar-refractivity contribution in [2.45, 2.75) is 13.8 Å². The number of carbonyl (C=O) groups is 1. The van der Waals surface area contributed by atoms with Crippen LogP contribution < -0.4 is 5.32 Å². The van der Waals surface area contributed by atoms with Crippen LogP contribution in [0.2, 0.25) is 5.02 Å². The lowest BCUT2D eigenvalue weighted by Crippen LogP contribution is -2.27.